The number of nitrogens with zero attached hydrogens (tertiary/aromatic N) is 4. The van der Waals surface area contributed by atoms with Crippen LogP contribution in [0.15, 0.2) is 61.1 Å². The molecular formula is C29H28F3N5O4. The third-order valence-corrected chi connectivity index (χ3v) is 6.71. The Balaban J connectivity index is 1.22. The molecule has 1 saturated heterocycles. The van der Waals surface area contributed by atoms with E-state index in [0.717, 1.165) is 36.8 Å². The van der Waals surface area contributed by atoms with Crippen molar-refractivity contribution in [2.75, 3.05) is 18.5 Å². The highest BCUT2D eigenvalue weighted by atomic mass is 19.4. The number of carbonyl (C=O) groups excluding carboxylic acids is 2. The molecule has 0 bridgehead atoms. The Morgan fingerprint density at radius 2 is 2.00 bits per heavy atom. The lowest BCUT2D eigenvalue weighted by Gasteiger charge is -2.24. The van der Waals surface area contributed by atoms with Crippen molar-refractivity contribution in [1.82, 2.24) is 19.5 Å². The molecule has 12 heteroatoms. The lowest BCUT2D eigenvalue weighted by atomic mass is 10.1. The number of benzene rings is 1. The summed E-state index contributed by atoms with van der Waals surface area (Å²) in [6.07, 6.45) is 2.76. The summed E-state index contributed by atoms with van der Waals surface area (Å²) in [6, 6.07) is 9.29. The van der Waals surface area contributed by atoms with Gasteiger partial charge in [0.2, 0.25) is 17.5 Å². The number of pyridine rings is 1. The number of nitrogens with one attached hydrogen (secondary N) is 1. The number of anilines is 1. The van der Waals surface area contributed by atoms with Crippen LogP contribution in [0.3, 0.4) is 0 Å². The van der Waals surface area contributed by atoms with Crippen LogP contribution < -0.4 is 5.32 Å². The fourth-order valence-corrected chi connectivity index (χ4v) is 4.53. The Hall–Kier alpha value is -4.16. The molecule has 1 aliphatic rings. The first-order valence-corrected chi connectivity index (χ1v) is 13.2. The van der Waals surface area contributed by atoms with Crippen LogP contribution in [0.5, 0.6) is 0 Å². The van der Waals surface area contributed by atoms with Gasteiger partial charge in [0.15, 0.2) is 6.29 Å². The van der Waals surface area contributed by atoms with Crippen molar-refractivity contribution in [3.8, 4) is 0 Å². The maximum Gasteiger partial charge on any atom is 0.416 e. The monoisotopic (exact) mass is 567 g/mol. The molecule has 5 rings (SSSR count). The van der Waals surface area contributed by atoms with Crippen molar-refractivity contribution in [3.63, 3.8) is 0 Å². The third kappa shape index (κ3) is 6.95. The van der Waals surface area contributed by atoms with Crippen LogP contribution in [0, 0.1) is 0 Å². The number of halogens is 3. The summed E-state index contributed by atoms with van der Waals surface area (Å²) < 4.78 is 52.3. The van der Waals surface area contributed by atoms with Crippen molar-refractivity contribution in [1.29, 1.82) is 0 Å². The van der Waals surface area contributed by atoms with Gasteiger partial charge in [-0.15, -0.1) is 0 Å². The molecule has 9 nitrogen and oxygen atoms in total. The van der Waals surface area contributed by atoms with Crippen molar-refractivity contribution < 1.29 is 32.2 Å². The molecular weight excluding hydrogens is 539 g/mol. The lowest BCUT2D eigenvalue weighted by Crippen LogP contribution is -2.25. The summed E-state index contributed by atoms with van der Waals surface area (Å²) in [7, 11) is 0. The van der Waals surface area contributed by atoms with Crippen LogP contribution in [0.4, 0.5) is 19.0 Å². The van der Waals surface area contributed by atoms with Gasteiger partial charge in [-0.3, -0.25) is 9.59 Å². The van der Waals surface area contributed by atoms with Gasteiger partial charge in [-0.25, -0.2) is 15.0 Å². The smallest absolute Gasteiger partial charge is 0.353 e. The molecule has 1 aromatic carbocycles. The number of amides is 1. The van der Waals surface area contributed by atoms with Gasteiger partial charge in [-0.2, -0.15) is 13.2 Å². The molecule has 214 valence electrons. The average molecular weight is 568 g/mol. The molecule has 0 radical (unpaired) electrons. The van der Waals surface area contributed by atoms with E-state index in [1.807, 2.05) is 23.8 Å². The fourth-order valence-electron chi connectivity index (χ4n) is 4.53. The Morgan fingerprint density at radius 1 is 1.15 bits per heavy atom. The number of ether oxygens (including phenoxy) is 2. The molecule has 41 heavy (non-hydrogen) atoms. The predicted molar refractivity (Wildman–Crippen MR) is 143 cm³/mol. The van der Waals surface area contributed by atoms with Crippen LogP contribution >= 0.6 is 0 Å². The highest BCUT2D eigenvalue weighted by molar-refractivity contribution is 6.07. The highest BCUT2D eigenvalue weighted by Gasteiger charge is 2.30. The van der Waals surface area contributed by atoms with Crippen LogP contribution in [-0.2, 0) is 26.9 Å². The van der Waals surface area contributed by atoms with E-state index >= 15 is 0 Å². The minimum atomic E-state index is -4.50. The van der Waals surface area contributed by atoms with Gasteiger partial charge in [0.1, 0.15) is 11.5 Å². The molecule has 4 aromatic rings. The molecule has 4 heterocycles. The van der Waals surface area contributed by atoms with Crippen molar-refractivity contribution >= 4 is 28.5 Å². The zero-order chi connectivity index (χ0) is 29.0. The SMILES string of the molecule is C[C@H](COC1CCCCO1)n1ccc2cnc(C(=O)c3ccc(NC(=O)Cc4cccc(C(F)(F)F)c4)nc3)nc21. The number of fused-ring (bicyclic) bond motifs is 1. The van der Waals surface area contributed by atoms with Gasteiger partial charge in [0, 0.05) is 36.1 Å². The Labute approximate surface area is 233 Å². The van der Waals surface area contributed by atoms with Gasteiger partial charge in [-0.05, 0) is 56.0 Å². The van der Waals surface area contributed by atoms with Gasteiger partial charge < -0.3 is 19.4 Å². The number of carbonyl (C=O) groups is 2. The van der Waals surface area contributed by atoms with E-state index in [9.17, 15) is 22.8 Å². The number of hydrogen-bond acceptors (Lipinski definition) is 7. The molecule has 1 N–H and O–H groups in total. The molecule has 0 spiro atoms. The van der Waals surface area contributed by atoms with Crippen LogP contribution in [-0.4, -0.2) is 50.7 Å². The topological polar surface area (TPSA) is 108 Å². The van der Waals surface area contributed by atoms with Crippen LogP contribution in [0.1, 0.15) is 59.5 Å². The minimum Gasteiger partial charge on any atom is -0.353 e. The normalized spacial score (nSPS) is 16.4. The molecule has 3 aromatic heterocycles. The Morgan fingerprint density at radius 3 is 2.73 bits per heavy atom. The summed E-state index contributed by atoms with van der Waals surface area (Å²) >= 11 is 0. The first-order chi connectivity index (χ1) is 19.7. The second-order valence-corrected chi connectivity index (χ2v) is 9.86. The number of hydrogen-bond donors (Lipinski definition) is 1. The Bertz CT molecular complexity index is 1530. The average Bonchev–Trinajstić information content (AvgIpc) is 3.40. The van der Waals surface area contributed by atoms with E-state index in [1.54, 1.807) is 6.20 Å². The zero-order valence-corrected chi connectivity index (χ0v) is 22.2. The van der Waals surface area contributed by atoms with Gasteiger partial charge in [0.05, 0.1) is 24.6 Å². The summed E-state index contributed by atoms with van der Waals surface area (Å²) in [5, 5.41) is 3.31. The molecule has 0 aliphatic carbocycles. The van der Waals surface area contributed by atoms with Gasteiger partial charge in [-0.1, -0.05) is 18.2 Å². The first kappa shape index (κ1) is 28.4. The second-order valence-electron chi connectivity index (χ2n) is 9.86. The molecule has 1 amide bonds. The van der Waals surface area contributed by atoms with E-state index in [1.165, 1.54) is 30.5 Å². The summed E-state index contributed by atoms with van der Waals surface area (Å²) in [6.45, 7) is 3.12. The molecule has 1 unspecified atom stereocenters. The summed E-state index contributed by atoms with van der Waals surface area (Å²) in [4.78, 5) is 38.3. The highest BCUT2D eigenvalue weighted by Crippen LogP contribution is 2.29. The fraction of sp³-hybridized carbons (Fsp3) is 0.345. The molecule has 1 aliphatic heterocycles. The maximum atomic E-state index is 13.1. The Kier molecular flexibility index (Phi) is 8.41. The zero-order valence-electron chi connectivity index (χ0n) is 22.2. The lowest BCUT2D eigenvalue weighted by molar-refractivity contribution is -0.166. The van der Waals surface area contributed by atoms with Crippen LogP contribution in [0.25, 0.3) is 11.0 Å². The van der Waals surface area contributed by atoms with Gasteiger partial charge >= 0.3 is 6.18 Å². The van der Waals surface area contributed by atoms with E-state index < -0.39 is 23.4 Å². The maximum absolute atomic E-state index is 13.1. The molecule has 0 saturated carbocycles. The number of aromatic nitrogens is 4. The van der Waals surface area contributed by atoms with Crippen molar-refractivity contribution in [2.24, 2.45) is 0 Å². The minimum absolute atomic E-state index is 0.00989. The van der Waals surface area contributed by atoms with Gasteiger partial charge in [0.25, 0.3) is 0 Å². The predicted octanol–water partition coefficient (Wildman–Crippen LogP) is 5.36. The number of ketones is 1. The summed E-state index contributed by atoms with van der Waals surface area (Å²) in [5.74, 6) is -0.851. The molecule has 1 fully saturated rings. The van der Waals surface area contributed by atoms with Crippen LogP contribution in [0.2, 0.25) is 0 Å². The number of alkyl halides is 3. The quantitative estimate of drug-likeness (QED) is 0.271. The standard InChI is InChI=1S/C29H28F3N5O4/c1-18(17-41-25-7-2-3-12-40-25)37-11-10-21-16-34-27(36-28(21)37)26(39)20-8-9-23(33-15-20)35-24(38)14-19-5-4-6-22(13-19)29(30,31)32/h4-6,8-11,13,15-16,18,25H,2-3,7,12,14,17H2,1H3,(H,33,35,38)/t18-,25?/m1/s1. The largest absolute Gasteiger partial charge is 0.416 e. The summed E-state index contributed by atoms with van der Waals surface area (Å²) in [5.41, 5.74) is 0.192. The first-order valence-electron chi connectivity index (χ1n) is 13.2. The van der Waals surface area contributed by atoms with E-state index in [4.69, 9.17) is 9.47 Å². The van der Waals surface area contributed by atoms with E-state index in [2.05, 4.69) is 20.3 Å². The van der Waals surface area contributed by atoms with E-state index in [-0.39, 0.29) is 41.5 Å². The number of rotatable bonds is 9. The second kappa shape index (κ2) is 12.1. The third-order valence-electron chi connectivity index (χ3n) is 6.71. The van der Waals surface area contributed by atoms with Crippen molar-refractivity contribution in [3.05, 3.63) is 83.6 Å². The molecule has 2 atom stereocenters. The van der Waals surface area contributed by atoms with Crippen molar-refractivity contribution in [2.45, 2.75) is 51.1 Å². The van der Waals surface area contributed by atoms with E-state index in [0.29, 0.717) is 18.9 Å².